The van der Waals surface area contributed by atoms with Crippen molar-refractivity contribution in [2.24, 2.45) is 0 Å². The number of likely N-dealkylation sites (tertiary alicyclic amines) is 1. The Morgan fingerprint density at radius 2 is 1.74 bits per heavy atom. The first-order valence-corrected chi connectivity index (χ1v) is 11.5. The van der Waals surface area contributed by atoms with Gasteiger partial charge < -0.3 is 19.2 Å². The van der Waals surface area contributed by atoms with Gasteiger partial charge in [-0.15, -0.1) is 0 Å². The highest BCUT2D eigenvalue weighted by atomic mass is 28.4. The molecule has 1 N–H and O–H groups in total. The van der Waals surface area contributed by atoms with Crippen LogP contribution < -0.4 is 0 Å². The first-order chi connectivity index (χ1) is 10.2. The predicted molar refractivity (Wildman–Crippen MR) is 95.1 cm³/mol. The average Bonchev–Trinajstić information content (AvgIpc) is 2.48. The van der Waals surface area contributed by atoms with Gasteiger partial charge in [0.1, 0.15) is 5.60 Å². The number of carbonyl (C=O) groups excluding carboxylic acids is 1. The number of ether oxygens (including phenoxy) is 1. The Kier molecular flexibility index (Phi) is 6.32. The van der Waals surface area contributed by atoms with Gasteiger partial charge in [0.15, 0.2) is 8.32 Å². The first kappa shape index (κ1) is 20.5. The topological polar surface area (TPSA) is 59.0 Å². The third kappa shape index (κ3) is 6.08. The van der Waals surface area contributed by atoms with Crippen LogP contribution in [0, 0.1) is 0 Å². The summed E-state index contributed by atoms with van der Waals surface area (Å²) < 4.78 is 11.8. The molecule has 1 heterocycles. The molecule has 0 saturated carbocycles. The van der Waals surface area contributed by atoms with Crippen molar-refractivity contribution < 1.29 is 19.1 Å². The average molecular weight is 346 g/mol. The number of aliphatic hydroxyl groups is 1. The maximum Gasteiger partial charge on any atom is 0.410 e. The Morgan fingerprint density at radius 1 is 1.17 bits per heavy atom. The number of rotatable bonds is 2. The van der Waals surface area contributed by atoms with Crippen LogP contribution in [0.5, 0.6) is 0 Å². The number of aliphatic hydroxyl groups excluding tert-OH is 1. The molecule has 23 heavy (non-hydrogen) atoms. The van der Waals surface area contributed by atoms with E-state index in [0.29, 0.717) is 6.54 Å². The molecule has 1 amide bonds. The molecule has 0 spiro atoms. The second-order valence-electron chi connectivity index (χ2n) is 9.05. The van der Waals surface area contributed by atoms with E-state index in [2.05, 4.69) is 33.9 Å². The molecule has 1 saturated heterocycles. The highest BCUT2D eigenvalue weighted by Gasteiger charge is 2.41. The van der Waals surface area contributed by atoms with E-state index in [0.717, 1.165) is 12.8 Å². The minimum atomic E-state index is -1.94. The minimum Gasteiger partial charge on any atom is -0.444 e. The van der Waals surface area contributed by atoms with E-state index in [4.69, 9.17) is 9.16 Å². The Labute approximate surface area is 142 Å². The lowest BCUT2D eigenvalue weighted by Crippen LogP contribution is -2.49. The zero-order valence-electron chi connectivity index (χ0n) is 16.1. The van der Waals surface area contributed by atoms with E-state index < -0.39 is 20.0 Å². The normalized spacial score (nSPS) is 24.3. The van der Waals surface area contributed by atoms with E-state index in [-0.39, 0.29) is 23.8 Å². The van der Waals surface area contributed by atoms with Crippen LogP contribution in [0.2, 0.25) is 18.1 Å². The fourth-order valence-corrected chi connectivity index (χ4v) is 3.68. The van der Waals surface area contributed by atoms with Crippen molar-refractivity contribution in [3.8, 4) is 0 Å². The quantitative estimate of drug-likeness (QED) is 0.774. The summed E-state index contributed by atoms with van der Waals surface area (Å²) in [6.45, 7) is 17.4. The van der Waals surface area contributed by atoms with Gasteiger partial charge in [0.2, 0.25) is 0 Å². The van der Waals surface area contributed by atoms with Crippen LogP contribution in [0.3, 0.4) is 0 Å². The van der Waals surface area contributed by atoms with Crippen LogP contribution >= 0.6 is 0 Å². The summed E-state index contributed by atoms with van der Waals surface area (Å²) in [6.07, 6.45) is 0.356. The molecule has 0 aromatic carbocycles. The molecule has 1 aliphatic rings. The molecule has 2 atom stereocenters. The molecule has 5 nitrogen and oxygen atoms in total. The van der Waals surface area contributed by atoms with Crippen LogP contribution in [-0.2, 0) is 9.16 Å². The summed E-state index contributed by atoms with van der Waals surface area (Å²) in [6, 6.07) is 0. The molecule has 1 aliphatic heterocycles. The lowest BCUT2D eigenvalue weighted by atomic mass is 10.1. The maximum absolute atomic E-state index is 12.2. The Balaban J connectivity index is 2.72. The molecule has 1 fully saturated rings. The van der Waals surface area contributed by atoms with Gasteiger partial charge in [-0.25, -0.2) is 4.79 Å². The van der Waals surface area contributed by atoms with E-state index in [1.54, 1.807) is 4.90 Å². The van der Waals surface area contributed by atoms with E-state index >= 15 is 0 Å². The maximum atomic E-state index is 12.2. The van der Waals surface area contributed by atoms with Crippen LogP contribution in [-0.4, -0.2) is 55.3 Å². The summed E-state index contributed by atoms with van der Waals surface area (Å²) in [7, 11) is -1.94. The van der Waals surface area contributed by atoms with Crippen LogP contribution in [0.1, 0.15) is 54.4 Å². The van der Waals surface area contributed by atoms with Crippen molar-refractivity contribution in [2.45, 2.75) is 90.3 Å². The van der Waals surface area contributed by atoms with Crippen molar-refractivity contribution >= 4 is 14.4 Å². The van der Waals surface area contributed by atoms with Gasteiger partial charge >= 0.3 is 6.09 Å². The number of β-amino-alcohol motifs (C(OH)–C–C–N with tert-alkyl or cyclic N) is 1. The highest BCUT2D eigenvalue weighted by Crippen LogP contribution is 2.38. The SMILES string of the molecule is CC(C)(C)OC(=O)N1CCC[C@H](O[Si](C)(C)C(C)(C)C)[C@H](O)C1. The first-order valence-electron chi connectivity index (χ1n) is 8.57. The number of hydrogen-bond donors (Lipinski definition) is 1. The molecule has 136 valence electrons. The number of amides is 1. The molecule has 0 unspecified atom stereocenters. The van der Waals surface area contributed by atoms with Crippen LogP contribution in [0.15, 0.2) is 0 Å². The minimum absolute atomic E-state index is 0.101. The van der Waals surface area contributed by atoms with Crippen molar-refractivity contribution in [2.75, 3.05) is 13.1 Å². The summed E-state index contributed by atoms with van der Waals surface area (Å²) >= 11 is 0. The monoisotopic (exact) mass is 345 g/mol. The van der Waals surface area contributed by atoms with Crippen molar-refractivity contribution in [1.82, 2.24) is 4.90 Å². The van der Waals surface area contributed by atoms with Gasteiger partial charge in [-0.05, 0) is 51.7 Å². The zero-order valence-corrected chi connectivity index (χ0v) is 17.1. The Bertz CT molecular complexity index is 412. The van der Waals surface area contributed by atoms with Gasteiger partial charge in [0, 0.05) is 6.54 Å². The predicted octanol–water partition coefficient (Wildman–Crippen LogP) is 3.77. The zero-order chi connectivity index (χ0) is 18.1. The summed E-state index contributed by atoms with van der Waals surface area (Å²) in [5.41, 5.74) is -0.522. The van der Waals surface area contributed by atoms with Crippen molar-refractivity contribution in [3.63, 3.8) is 0 Å². The number of carbonyl (C=O) groups is 1. The number of nitrogens with zero attached hydrogens (tertiary/aromatic N) is 1. The third-order valence-electron chi connectivity index (χ3n) is 4.66. The molecule has 0 bridgehead atoms. The number of hydrogen-bond acceptors (Lipinski definition) is 4. The lowest BCUT2D eigenvalue weighted by molar-refractivity contribution is -0.00217. The van der Waals surface area contributed by atoms with Gasteiger partial charge in [-0.3, -0.25) is 0 Å². The molecular formula is C17H35NO4Si. The summed E-state index contributed by atoms with van der Waals surface area (Å²) in [4.78, 5) is 13.8. The molecular weight excluding hydrogens is 310 g/mol. The van der Waals surface area contributed by atoms with Crippen molar-refractivity contribution in [1.29, 1.82) is 0 Å². The summed E-state index contributed by atoms with van der Waals surface area (Å²) in [5, 5.41) is 10.6. The molecule has 0 aliphatic carbocycles. The van der Waals surface area contributed by atoms with Gasteiger partial charge in [-0.1, -0.05) is 20.8 Å². The fraction of sp³-hybridized carbons (Fsp3) is 0.941. The highest BCUT2D eigenvalue weighted by molar-refractivity contribution is 6.74. The molecule has 6 heteroatoms. The Hall–Kier alpha value is -0.593. The van der Waals surface area contributed by atoms with Gasteiger partial charge in [0.25, 0.3) is 0 Å². The van der Waals surface area contributed by atoms with E-state index in [1.807, 2.05) is 20.8 Å². The van der Waals surface area contributed by atoms with Crippen LogP contribution in [0.25, 0.3) is 0 Å². The largest absolute Gasteiger partial charge is 0.444 e. The molecule has 0 aromatic heterocycles. The molecule has 0 radical (unpaired) electrons. The van der Waals surface area contributed by atoms with E-state index in [9.17, 15) is 9.90 Å². The standard InChI is InChI=1S/C17H35NO4Si/c1-16(2,3)21-15(20)18-11-9-10-14(13(19)12-18)22-23(7,8)17(4,5)6/h13-14,19H,9-12H2,1-8H3/t13-,14+/m1/s1. The third-order valence-corrected chi connectivity index (χ3v) is 9.16. The Morgan fingerprint density at radius 3 is 2.22 bits per heavy atom. The van der Waals surface area contributed by atoms with E-state index in [1.165, 1.54) is 0 Å². The van der Waals surface area contributed by atoms with Crippen LogP contribution in [0.4, 0.5) is 4.79 Å². The molecule has 0 aromatic rings. The smallest absolute Gasteiger partial charge is 0.410 e. The van der Waals surface area contributed by atoms with Crippen molar-refractivity contribution in [3.05, 3.63) is 0 Å². The second-order valence-corrected chi connectivity index (χ2v) is 13.8. The lowest BCUT2D eigenvalue weighted by Gasteiger charge is -2.40. The van der Waals surface area contributed by atoms with Gasteiger partial charge in [0.05, 0.1) is 18.8 Å². The second kappa shape index (κ2) is 7.11. The summed E-state index contributed by atoms with van der Waals surface area (Å²) in [5.74, 6) is 0. The van der Waals surface area contributed by atoms with Gasteiger partial charge in [-0.2, -0.15) is 0 Å². The fourth-order valence-electron chi connectivity index (χ4n) is 2.30. The molecule has 1 rings (SSSR count).